The Bertz CT molecular complexity index is 736. The maximum absolute atomic E-state index is 12.9. The second-order valence-electron chi connectivity index (χ2n) is 5.54. The van der Waals surface area contributed by atoms with Gasteiger partial charge in [0.15, 0.2) is 0 Å². The van der Waals surface area contributed by atoms with E-state index in [4.69, 9.17) is 0 Å². The highest BCUT2D eigenvalue weighted by molar-refractivity contribution is 7.89. The van der Waals surface area contributed by atoms with Gasteiger partial charge in [0.2, 0.25) is 10.0 Å². The highest BCUT2D eigenvalue weighted by Gasteiger charge is 2.36. The normalized spacial score (nSPS) is 20.0. The first-order valence-corrected chi connectivity index (χ1v) is 9.44. The van der Waals surface area contributed by atoms with E-state index >= 15 is 0 Å². The van der Waals surface area contributed by atoms with Crippen LogP contribution < -0.4 is 0 Å². The molecule has 0 saturated carbocycles. The van der Waals surface area contributed by atoms with E-state index in [9.17, 15) is 8.42 Å². The second kappa shape index (κ2) is 5.55. The number of sulfonamides is 1. The van der Waals surface area contributed by atoms with Crippen LogP contribution >= 0.6 is 11.3 Å². The van der Waals surface area contributed by atoms with E-state index in [2.05, 4.69) is 0 Å². The van der Waals surface area contributed by atoms with Crippen LogP contribution in [0.4, 0.5) is 0 Å². The van der Waals surface area contributed by atoms with Crippen molar-refractivity contribution in [3.63, 3.8) is 0 Å². The molecule has 21 heavy (non-hydrogen) atoms. The predicted molar refractivity (Wildman–Crippen MR) is 86.1 cm³/mol. The van der Waals surface area contributed by atoms with Gasteiger partial charge in [-0.1, -0.05) is 12.1 Å². The van der Waals surface area contributed by atoms with Crippen molar-refractivity contribution in [3.8, 4) is 0 Å². The lowest BCUT2D eigenvalue weighted by molar-refractivity contribution is 0.401. The molecule has 0 unspecified atom stereocenters. The van der Waals surface area contributed by atoms with E-state index in [1.807, 2.05) is 37.4 Å². The molecule has 0 bridgehead atoms. The van der Waals surface area contributed by atoms with Gasteiger partial charge in [0, 0.05) is 11.4 Å². The number of benzene rings is 1. The second-order valence-corrected chi connectivity index (χ2v) is 8.41. The number of thiophene rings is 1. The van der Waals surface area contributed by atoms with Gasteiger partial charge in [0.1, 0.15) is 0 Å². The molecule has 0 radical (unpaired) electrons. The van der Waals surface area contributed by atoms with Gasteiger partial charge in [-0.05, 0) is 61.4 Å². The Morgan fingerprint density at radius 2 is 2.00 bits per heavy atom. The van der Waals surface area contributed by atoms with Crippen molar-refractivity contribution in [1.29, 1.82) is 0 Å². The van der Waals surface area contributed by atoms with Crippen LogP contribution in [0, 0.1) is 13.8 Å². The molecule has 1 aromatic carbocycles. The molecule has 1 atom stereocenters. The number of nitrogens with zero attached hydrogens (tertiary/aromatic N) is 1. The highest BCUT2D eigenvalue weighted by atomic mass is 32.2. The lowest BCUT2D eigenvalue weighted by atomic mass is 10.1. The largest absolute Gasteiger partial charge is 0.243 e. The predicted octanol–water partition coefficient (Wildman–Crippen LogP) is 3.89. The summed E-state index contributed by atoms with van der Waals surface area (Å²) in [5.74, 6) is 0. The number of aryl methyl sites for hydroxylation is 2. The van der Waals surface area contributed by atoms with E-state index in [0.717, 1.165) is 28.8 Å². The minimum atomic E-state index is -3.41. The standard InChI is InChI=1S/C16H19NO2S2/c1-12-7-8-14(11-13(12)2)21(18,19)17-9-3-5-15(17)16-6-4-10-20-16/h4,6-8,10-11,15H,3,5,9H2,1-2H3/t15-/m0/s1. The summed E-state index contributed by atoms with van der Waals surface area (Å²) in [6.45, 7) is 4.56. The summed E-state index contributed by atoms with van der Waals surface area (Å²) in [7, 11) is -3.41. The van der Waals surface area contributed by atoms with Crippen molar-refractivity contribution >= 4 is 21.4 Å². The Morgan fingerprint density at radius 1 is 1.19 bits per heavy atom. The number of hydrogen-bond acceptors (Lipinski definition) is 3. The molecular weight excluding hydrogens is 302 g/mol. The van der Waals surface area contributed by atoms with Crippen LogP contribution in [0.25, 0.3) is 0 Å². The summed E-state index contributed by atoms with van der Waals surface area (Å²) >= 11 is 1.63. The fourth-order valence-corrected chi connectivity index (χ4v) is 5.50. The van der Waals surface area contributed by atoms with Gasteiger partial charge in [-0.3, -0.25) is 0 Å². The fraction of sp³-hybridized carbons (Fsp3) is 0.375. The van der Waals surface area contributed by atoms with Crippen molar-refractivity contribution in [2.45, 2.75) is 37.6 Å². The van der Waals surface area contributed by atoms with Crippen LogP contribution in [-0.2, 0) is 10.0 Å². The van der Waals surface area contributed by atoms with Gasteiger partial charge < -0.3 is 0 Å². The smallest absolute Gasteiger partial charge is 0.207 e. The van der Waals surface area contributed by atoms with Crippen LogP contribution in [-0.4, -0.2) is 19.3 Å². The quantitative estimate of drug-likeness (QED) is 0.860. The van der Waals surface area contributed by atoms with Gasteiger partial charge in [-0.15, -0.1) is 11.3 Å². The van der Waals surface area contributed by atoms with Crippen LogP contribution in [0.1, 0.15) is 34.9 Å². The molecule has 0 N–H and O–H groups in total. The van der Waals surface area contributed by atoms with E-state index < -0.39 is 10.0 Å². The third-order valence-electron chi connectivity index (χ3n) is 4.16. The Hall–Kier alpha value is -1.17. The molecule has 3 rings (SSSR count). The lowest BCUT2D eigenvalue weighted by Gasteiger charge is -2.23. The first kappa shape index (κ1) is 14.8. The van der Waals surface area contributed by atoms with E-state index in [0.29, 0.717) is 11.4 Å². The molecule has 0 amide bonds. The summed E-state index contributed by atoms with van der Waals surface area (Å²) in [4.78, 5) is 1.55. The van der Waals surface area contributed by atoms with E-state index in [1.54, 1.807) is 27.8 Å². The summed E-state index contributed by atoms with van der Waals surface area (Å²) in [5, 5.41) is 2.01. The zero-order chi connectivity index (χ0) is 15.0. The van der Waals surface area contributed by atoms with Crippen molar-refractivity contribution < 1.29 is 8.42 Å². The summed E-state index contributed by atoms with van der Waals surface area (Å²) in [6.07, 6.45) is 1.83. The maximum atomic E-state index is 12.9. The molecule has 0 aliphatic carbocycles. The highest BCUT2D eigenvalue weighted by Crippen LogP contribution is 2.38. The average Bonchev–Trinajstić information content (AvgIpc) is 3.11. The molecule has 1 aliphatic rings. The zero-order valence-corrected chi connectivity index (χ0v) is 13.9. The summed E-state index contributed by atoms with van der Waals surface area (Å²) in [5.41, 5.74) is 2.13. The van der Waals surface area contributed by atoms with Crippen LogP contribution in [0.3, 0.4) is 0 Å². The molecule has 112 valence electrons. The number of hydrogen-bond donors (Lipinski definition) is 0. The van der Waals surface area contributed by atoms with Crippen molar-refractivity contribution in [2.24, 2.45) is 0 Å². The van der Waals surface area contributed by atoms with Crippen LogP contribution in [0.2, 0.25) is 0 Å². The van der Waals surface area contributed by atoms with E-state index in [-0.39, 0.29) is 6.04 Å². The number of rotatable bonds is 3. The molecule has 3 nitrogen and oxygen atoms in total. The molecule has 1 saturated heterocycles. The molecule has 1 aromatic heterocycles. The Balaban J connectivity index is 1.99. The summed E-state index contributed by atoms with van der Waals surface area (Å²) in [6, 6.07) is 9.41. The fourth-order valence-electron chi connectivity index (χ4n) is 2.80. The van der Waals surface area contributed by atoms with Gasteiger partial charge >= 0.3 is 0 Å². The van der Waals surface area contributed by atoms with E-state index in [1.165, 1.54) is 0 Å². The molecule has 2 aromatic rings. The first-order chi connectivity index (χ1) is 10.00. The van der Waals surface area contributed by atoms with Crippen LogP contribution in [0.15, 0.2) is 40.6 Å². The van der Waals surface area contributed by atoms with Gasteiger partial charge in [-0.2, -0.15) is 4.31 Å². The van der Waals surface area contributed by atoms with Gasteiger partial charge in [0.05, 0.1) is 10.9 Å². The van der Waals surface area contributed by atoms with Crippen LogP contribution in [0.5, 0.6) is 0 Å². The van der Waals surface area contributed by atoms with Gasteiger partial charge in [-0.25, -0.2) is 8.42 Å². The van der Waals surface area contributed by atoms with Gasteiger partial charge in [0.25, 0.3) is 0 Å². The molecule has 1 aliphatic heterocycles. The Morgan fingerprint density at radius 3 is 2.67 bits per heavy atom. The van der Waals surface area contributed by atoms with Crippen molar-refractivity contribution in [3.05, 3.63) is 51.7 Å². The lowest BCUT2D eigenvalue weighted by Crippen LogP contribution is -2.30. The molecular formula is C16H19NO2S2. The Kier molecular flexibility index (Phi) is 3.90. The Labute approximate surface area is 130 Å². The summed E-state index contributed by atoms with van der Waals surface area (Å²) < 4.78 is 27.5. The topological polar surface area (TPSA) is 37.4 Å². The first-order valence-electron chi connectivity index (χ1n) is 7.12. The maximum Gasteiger partial charge on any atom is 0.243 e. The molecule has 0 spiro atoms. The van der Waals surface area contributed by atoms with Crippen molar-refractivity contribution in [1.82, 2.24) is 4.31 Å². The molecule has 1 fully saturated rings. The average molecular weight is 321 g/mol. The molecule has 2 heterocycles. The zero-order valence-electron chi connectivity index (χ0n) is 12.2. The minimum Gasteiger partial charge on any atom is -0.207 e. The molecule has 5 heteroatoms. The monoisotopic (exact) mass is 321 g/mol. The van der Waals surface area contributed by atoms with Crippen molar-refractivity contribution in [2.75, 3.05) is 6.54 Å². The minimum absolute atomic E-state index is 0.00314. The third-order valence-corrected chi connectivity index (χ3v) is 7.04. The SMILES string of the molecule is Cc1ccc(S(=O)(=O)N2CCC[C@H]2c2cccs2)cc1C. The third kappa shape index (κ3) is 2.65.